The number of nitro groups is 1. The van der Waals surface area contributed by atoms with Crippen LogP contribution in [0.3, 0.4) is 0 Å². The van der Waals surface area contributed by atoms with Crippen LogP contribution in [0.2, 0.25) is 0 Å². The standard InChI is InChI=1S/C25H19FN4O3/c26-21-13-10-20(11-14-21)24-25(29(17-27-24)16-18-6-2-1-3-7-18)28-23(31)15-12-19-8-4-5-9-22(19)30(32)33/h1-15,17H,16H2,(H,28,31)/b15-12+. The van der Waals surface area contributed by atoms with Crippen molar-refractivity contribution in [3.63, 3.8) is 0 Å². The fourth-order valence-electron chi connectivity index (χ4n) is 3.35. The molecule has 3 aromatic carbocycles. The first-order valence-electron chi connectivity index (χ1n) is 10.1. The lowest BCUT2D eigenvalue weighted by Crippen LogP contribution is -2.13. The van der Waals surface area contributed by atoms with E-state index in [-0.39, 0.29) is 11.5 Å². The molecular formula is C25H19FN4O3. The quantitative estimate of drug-likeness (QED) is 0.239. The van der Waals surface area contributed by atoms with Crippen LogP contribution in [0.1, 0.15) is 11.1 Å². The molecule has 33 heavy (non-hydrogen) atoms. The van der Waals surface area contributed by atoms with Crippen molar-refractivity contribution in [2.75, 3.05) is 5.32 Å². The van der Waals surface area contributed by atoms with E-state index >= 15 is 0 Å². The summed E-state index contributed by atoms with van der Waals surface area (Å²) in [6, 6.07) is 21.6. The largest absolute Gasteiger partial charge is 0.312 e. The Morgan fingerprint density at radius 2 is 1.73 bits per heavy atom. The summed E-state index contributed by atoms with van der Waals surface area (Å²) in [7, 11) is 0. The van der Waals surface area contributed by atoms with Gasteiger partial charge in [-0.05, 0) is 42.0 Å². The molecule has 0 spiro atoms. The number of anilines is 1. The first kappa shape index (κ1) is 21.6. The predicted octanol–water partition coefficient (Wildman–Crippen LogP) is 5.30. The van der Waals surface area contributed by atoms with E-state index in [1.807, 2.05) is 30.3 Å². The van der Waals surface area contributed by atoms with Crippen LogP contribution < -0.4 is 5.32 Å². The first-order chi connectivity index (χ1) is 16.0. The van der Waals surface area contributed by atoms with Crippen LogP contribution in [0.15, 0.2) is 91.3 Å². The Kier molecular flexibility index (Phi) is 6.36. The predicted molar refractivity (Wildman–Crippen MR) is 124 cm³/mol. The molecule has 0 saturated heterocycles. The van der Waals surface area contributed by atoms with Gasteiger partial charge in [0.2, 0.25) is 5.91 Å². The zero-order valence-corrected chi connectivity index (χ0v) is 17.4. The molecule has 0 fully saturated rings. The van der Waals surface area contributed by atoms with Crippen molar-refractivity contribution >= 4 is 23.5 Å². The topological polar surface area (TPSA) is 90.1 Å². The lowest BCUT2D eigenvalue weighted by Gasteiger charge is -2.11. The minimum absolute atomic E-state index is 0.0947. The number of carbonyl (C=O) groups excluding carboxylic acids is 1. The second-order valence-corrected chi connectivity index (χ2v) is 7.20. The highest BCUT2D eigenvalue weighted by Gasteiger charge is 2.16. The Balaban J connectivity index is 1.64. The van der Waals surface area contributed by atoms with Gasteiger partial charge in [-0.3, -0.25) is 14.9 Å². The van der Waals surface area contributed by atoms with Crippen molar-refractivity contribution in [3.05, 3.63) is 118 Å². The monoisotopic (exact) mass is 442 g/mol. The molecule has 1 heterocycles. The van der Waals surface area contributed by atoms with Crippen LogP contribution in [0.5, 0.6) is 0 Å². The van der Waals surface area contributed by atoms with E-state index in [4.69, 9.17) is 0 Å². The molecule has 0 saturated carbocycles. The molecule has 1 N–H and O–H groups in total. The van der Waals surface area contributed by atoms with E-state index in [2.05, 4.69) is 10.3 Å². The number of nitrogens with one attached hydrogen (secondary N) is 1. The highest BCUT2D eigenvalue weighted by Crippen LogP contribution is 2.28. The second-order valence-electron chi connectivity index (χ2n) is 7.20. The summed E-state index contributed by atoms with van der Waals surface area (Å²) in [6.45, 7) is 0.457. The van der Waals surface area contributed by atoms with Crippen molar-refractivity contribution < 1.29 is 14.1 Å². The van der Waals surface area contributed by atoms with E-state index in [9.17, 15) is 19.3 Å². The van der Waals surface area contributed by atoms with Gasteiger partial charge in [-0.2, -0.15) is 0 Å². The lowest BCUT2D eigenvalue weighted by molar-refractivity contribution is -0.385. The number of nitro benzene ring substituents is 1. The Bertz CT molecular complexity index is 1320. The van der Waals surface area contributed by atoms with Crippen LogP contribution in [0.4, 0.5) is 15.9 Å². The van der Waals surface area contributed by atoms with E-state index in [0.717, 1.165) is 5.56 Å². The molecule has 0 atom stereocenters. The first-order valence-corrected chi connectivity index (χ1v) is 10.1. The number of aromatic nitrogens is 2. The van der Waals surface area contributed by atoms with Crippen LogP contribution in [-0.4, -0.2) is 20.4 Å². The normalized spacial score (nSPS) is 10.9. The van der Waals surface area contributed by atoms with Crippen LogP contribution in [0.25, 0.3) is 17.3 Å². The van der Waals surface area contributed by atoms with Gasteiger partial charge in [-0.1, -0.05) is 42.5 Å². The number of amides is 1. The SMILES string of the molecule is O=C(/C=C/c1ccccc1[N+](=O)[O-])Nc1c(-c2ccc(F)cc2)ncn1Cc1ccccc1. The van der Waals surface area contributed by atoms with Gasteiger partial charge in [0.05, 0.1) is 23.4 Å². The van der Waals surface area contributed by atoms with Crippen molar-refractivity contribution in [2.45, 2.75) is 6.54 Å². The number of carbonyl (C=O) groups is 1. The van der Waals surface area contributed by atoms with Gasteiger partial charge < -0.3 is 9.88 Å². The van der Waals surface area contributed by atoms with Crippen molar-refractivity contribution in [3.8, 4) is 11.3 Å². The van der Waals surface area contributed by atoms with Crippen LogP contribution >= 0.6 is 0 Å². The summed E-state index contributed by atoms with van der Waals surface area (Å²) in [5.41, 5.74) is 2.35. The van der Waals surface area contributed by atoms with Crippen molar-refractivity contribution in [1.82, 2.24) is 9.55 Å². The molecule has 0 radical (unpaired) electrons. The maximum Gasteiger partial charge on any atom is 0.276 e. The number of hydrogen-bond donors (Lipinski definition) is 1. The number of hydrogen-bond acceptors (Lipinski definition) is 4. The number of imidazole rings is 1. The number of para-hydroxylation sites is 1. The minimum atomic E-state index is -0.501. The summed E-state index contributed by atoms with van der Waals surface area (Å²) in [5.74, 6) is -0.422. The molecule has 0 unspecified atom stereocenters. The van der Waals surface area contributed by atoms with Gasteiger partial charge in [0.15, 0.2) is 0 Å². The van der Waals surface area contributed by atoms with Gasteiger partial charge in [0, 0.05) is 17.7 Å². The molecule has 0 aliphatic rings. The lowest BCUT2D eigenvalue weighted by atomic mass is 10.1. The molecule has 0 aliphatic carbocycles. The Morgan fingerprint density at radius 1 is 1.03 bits per heavy atom. The third kappa shape index (κ3) is 5.19. The fourth-order valence-corrected chi connectivity index (χ4v) is 3.35. The fraction of sp³-hybridized carbons (Fsp3) is 0.0400. The van der Waals surface area contributed by atoms with E-state index in [0.29, 0.717) is 29.2 Å². The van der Waals surface area contributed by atoms with Gasteiger partial charge in [-0.25, -0.2) is 9.37 Å². The molecule has 4 aromatic rings. The third-order valence-corrected chi connectivity index (χ3v) is 4.94. The summed E-state index contributed by atoms with van der Waals surface area (Å²) in [5, 5.41) is 14.0. The summed E-state index contributed by atoms with van der Waals surface area (Å²) in [6.07, 6.45) is 4.23. The molecule has 7 nitrogen and oxygen atoms in total. The van der Waals surface area contributed by atoms with Crippen LogP contribution in [0, 0.1) is 15.9 Å². The molecular weight excluding hydrogens is 423 g/mol. The Morgan fingerprint density at radius 3 is 2.45 bits per heavy atom. The zero-order chi connectivity index (χ0) is 23.2. The zero-order valence-electron chi connectivity index (χ0n) is 17.4. The number of nitrogens with zero attached hydrogens (tertiary/aromatic N) is 3. The van der Waals surface area contributed by atoms with Gasteiger partial charge in [0.25, 0.3) is 5.69 Å². The molecule has 8 heteroatoms. The molecule has 1 amide bonds. The van der Waals surface area contributed by atoms with Gasteiger partial charge >= 0.3 is 0 Å². The maximum absolute atomic E-state index is 13.4. The summed E-state index contributed by atoms with van der Waals surface area (Å²) >= 11 is 0. The number of halogens is 1. The van der Waals surface area contributed by atoms with E-state index in [1.165, 1.54) is 30.4 Å². The molecule has 0 aliphatic heterocycles. The Hall–Kier alpha value is -4.59. The summed E-state index contributed by atoms with van der Waals surface area (Å²) in [4.78, 5) is 27.9. The van der Waals surface area contributed by atoms with E-state index < -0.39 is 10.8 Å². The molecule has 164 valence electrons. The highest BCUT2D eigenvalue weighted by atomic mass is 19.1. The van der Waals surface area contributed by atoms with Gasteiger partial charge in [-0.15, -0.1) is 0 Å². The minimum Gasteiger partial charge on any atom is -0.312 e. The van der Waals surface area contributed by atoms with Crippen LogP contribution in [-0.2, 0) is 11.3 Å². The van der Waals surface area contributed by atoms with Crippen molar-refractivity contribution in [2.24, 2.45) is 0 Å². The summed E-state index contributed by atoms with van der Waals surface area (Å²) < 4.78 is 15.2. The number of benzene rings is 3. The molecule has 0 bridgehead atoms. The maximum atomic E-state index is 13.4. The molecule has 1 aromatic heterocycles. The smallest absolute Gasteiger partial charge is 0.276 e. The second kappa shape index (κ2) is 9.69. The average molecular weight is 442 g/mol. The van der Waals surface area contributed by atoms with E-state index in [1.54, 1.807) is 41.2 Å². The number of rotatable bonds is 7. The van der Waals surface area contributed by atoms with Gasteiger partial charge in [0.1, 0.15) is 17.3 Å². The highest BCUT2D eigenvalue weighted by molar-refractivity contribution is 6.03. The third-order valence-electron chi connectivity index (χ3n) is 4.94. The van der Waals surface area contributed by atoms with Crippen molar-refractivity contribution in [1.29, 1.82) is 0 Å². The average Bonchev–Trinajstić information content (AvgIpc) is 3.20. The Labute approximate surface area is 189 Å². The molecule has 4 rings (SSSR count).